The fourth-order valence-electron chi connectivity index (χ4n) is 0.705. The fraction of sp³-hybridized carbons (Fsp3) is 0.833. The van der Waals surface area contributed by atoms with Crippen molar-refractivity contribution >= 4 is 5.91 Å². The monoisotopic (exact) mass is 147 g/mol. The van der Waals surface area contributed by atoms with Crippen LogP contribution in [0.5, 0.6) is 0 Å². The Labute approximate surface area is 59.7 Å². The maximum absolute atomic E-state index is 10.3. The van der Waals surface area contributed by atoms with Gasteiger partial charge >= 0.3 is 0 Å². The van der Waals surface area contributed by atoms with Crippen LogP contribution in [0.15, 0.2) is 0 Å². The van der Waals surface area contributed by atoms with Gasteiger partial charge in [0, 0.05) is 6.61 Å². The molecule has 0 rings (SSSR count). The van der Waals surface area contributed by atoms with Gasteiger partial charge in [-0.1, -0.05) is 0 Å². The van der Waals surface area contributed by atoms with Crippen LogP contribution in [0.3, 0.4) is 0 Å². The van der Waals surface area contributed by atoms with Crippen molar-refractivity contribution in [2.45, 2.75) is 25.4 Å². The molecule has 60 valence electrons. The minimum atomic E-state index is -1.15. The summed E-state index contributed by atoms with van der Waals surface area (Å²) < 4.78 is 0. The van der Waals surface area contributed by atoms with Crippen molar-refractivity contribution in [1.29, 1.82) is 0 Å². The van der Waals surface area contributed by atoms with Gasteiger partial charge in [-0.25, -0.2) is 0 Å². The predicted molar refractivity (Wildman–Crippen MR) is 36.1 cm³/mol. The van der Waals surface area contributed by atoms with Crippen molar-refractivity contribution in [1.82, 2.24) is 0 Å². The molecule has 0 saturated carbocycles. The second-order valence-corrected chi connectivity index (χ2v) is 2.61. The number of carbonyl (C=O) groups excluding carboxylic acids is 1. The highest BCUT2D eigenvalue weighted by Crippen LogP contribution is 2.12. The molecule has 1 atom stereocenters. The quantitative estimate of drug-likeness (QED) is 0.476. The second-order valence-electron chi connectivity index (χ2n) is 2.61. The van der Waals surface area contributed by atoms with Gasteiger partial charge in [0.1, 0.15) is 0 Å². The molecule has 4 nitrogen and oxygen atoms in total. The zero-order chi connectivity index (χ0) is 8.20. The number of carbonyl (C=O) groups is 1. The molecule has 0 aliphatic rings. The average molecular weight is 147 g/mol. The molecule has 10 heavy (non-hydrogen) atoms. The van der Waals surface area contributed by atoms with Gasteiger partial charge in [-0.05, 0) is 13.3 Å². The van der Waals surface area contributed by atoms with E-state index in [9.17, 15) is 9.90 Å². The van der Waals surface area contributed by atoms with Crippen molar-refractivity contribution < 1.29 is 15.0 Å². The molecule has 1 unspecified atom stereocenters. The van der Waals surface area contributed by atoms with Gasteiger partial charge in [0.2, 0.25) is 5.91 Å². The number of primary amides is 1. The highest BCUT2D eigenvalue weighted by atomic mass is 16.3. The van der Waals surface area contributed by atoms with Crippen molar-refractivity contribution in [3.8, 4) is 0 Å². The summed E-state index contributed by atoms with van der Waals surface area (Å²) in [5, 5.41) is 17.6. The molecular formula is C6H13NO3. The predicted octanol–water partition coefficient (Wildman–Crippen LogP) is -1.00. The molecule has 0 saturated heterocycles. The van der Waals surface area contributed by atoms with E-state index >= 15 is 0 Å². The van der Waals surface area contributed by atoms with Gasteiger partial charge in [-0.15, -0.1) is 0 Å². The van der Waals surface area contributed by atoms with Crippen molar-refractivity contribution in [3.05, 3.63) is 0 Å². The summed E-state index contributed by atoms with van der Waals surface area (Å²) in [6, 6.07) is 0. The van der Waals surface area contributed by atoms with E-state index in [2.05, 4.69) is 0 Å². The molecule has 0 heterocycles. The maximum atomic E-state index is 10.3. The topological polar surface area (TPSA) is 83.6 Å². The summed E-state index contributed by atoms with van der Waals surface area (Å²) in [6.45, 7) is 1.33. The summed E-state index contributed by atoms with van der Waals surface area (Å²) in [4.78, 5) is 10.3. The molecule has 0 bridgehead atoms. The Morgan fingerprint density at radius 3 is 2.50 bits per heavy atom. The Kier molecular flexibility index (Phi) is 3.32. The van der Waals surface area contributed by atoms with Gasteiger partial charge < -0.3 is 15.9 Å². The lowest BCUT2D eigenvalue weighted by Crippen LogP contribution is -2.31. The van der Waals surface area contributed by atoms with Gasteiger partial charge in [-0.2, -0.15) is 0 Å². The SMILES string of the molecule is CC(O)(CCO)CC(N)=O. The molecule has 0 aromatic heterocycles. The molecule has 4 heteroatoms. The first-order valence-electron chi connectivity index (χ1n) is 3.09. The van der Waals surface area contributed by atoms with Crippen LogP contribution in [0.4, 0.5) is 0 Å². The lowest BCUT2D eigenvalue weighted by molar-refractivity contribution is -0.122. The Morgan fingerprint density at radius 2 is 2.20 bits per heavy atom. The van der Waals surface area contributed by atoms with Crippen LogP contribution in [-0.4, -0.2) is 28.3 Å². The highest BCUT2D eigenvalue weighted by Gasteiger charge is 2.21. The average Bonchev–Trinajstić information content (AvgIpc) is 1.59. The molecule has 0 aliphatic heterocycles. The largest absolute Gasteiger partial charge is 0.396 e. The van der Waals surface area contributed by atoms with E-state index in [0.29, 0.717) is 0 Å². The van der Waals surface area contributed by atoms with Crippen LogP contribution in [0.1, 0.15) is 19.8 Å². The summed E-state index contributed by atoms with van der Waals surface area (Å²) in [5.74, 6) is -0.557. The van der Waals surface area contributed by atoms with Crippen LogP contribution in [0.2, 0.25) is 0 Å². The molecule has 0 aromatic carbocycles. The Balaban J connectivity index is 3.74. The zero-order valence-corrected chi connectivity index (χ0v) is 6.00. The van der Waals surface area contributed by atoms with E-state index in [1.54, 1.807) is 0 Å². The third-order valence-electron chi connectivity index (χ3n) is 1.21. The molecule has 0 aromatic rings. The Bertz CT molecular complexity index is 122. The molecule has 1 amide bonds. The number of aliphatic hydroxyl groups excluding tert-OH is 1. The summed E-state index contributed by atoms with van der Waals surface area (Å²) in [7, 11) is 0. The molecule has 0 spiro atoms. The van der Waals surface area contributed by atoms with Crippen molar-refractivity contribution in [2.24, 2.45) is 5.73 Å². The molecule has 0 radical (unpaired) electrons. The number of nitrogens with two attached hydrogens (primary N) is 1. The Morgan fingerprint density at radius 1 is 1.70 bits per heavy atom. The summed E-state index contributed by atoms with van der Waals surface area (Å²) in [6.07, 6.45) is 0.0729. The van der Waals surface area contributed by atoms with Gasteiger partial charge in [0.25, 0.3) is 0 Å². The van der Waals surface area contributed by atoms with Crippen molar-refractivity contribution in [2.75, 3.05) is 6.61 Å². The number of amides is 1. The summed E-state index contributed by atoms with van der Waals surface area (Å²) in [5.41, 5.74) is 3.68. The highest BCUT2D eigenvalue weighted by molar-refractivity contribution is 5.74. The molecule has 0 aliphatic carbocycles. The van der Waals surface area contributed by atoms with E-state index in [4.69, 9.17) is 10.8 Å². The third-order valence-corrected chi connectivity index (χ3v) is 1.21. The molecular weight excluding hydrogens is 134 g/mol. The minimum Gasteiger partial charge on any atom is -0.396 e. The van der Waals surface area contributed by atoms with Crippen LogP contribution in [0, 0.1) is 0 Å². The first-order chi connectivity index (χ1) is 4.48. The number of rotatable bonds is 4. The van der Waals surface area contributed by atoms with E-state index in [0.717, 1.165) is 0 Å². The smallest absolute Gasteiger partial charge is 0.220 e. The van der Waals surface area contributed by atoms with E-state index < -0.39 is 11.5 Å². The van der Waals surface area contributed by atoms with E-state index in [1.807, 2.05) is 0 Å². The van der Waals surface area contributed by atoms with Crippen LogP contribution >= 0.6 is 0 Å². The van der Waals surface area contributed by atoms with Gasteiger partial charge in [0.15, 0.2) is 0 Å². The minimum absolute atomic E-state index is 0.104. The van der Waals surface area contributed by atoms with Crippen molar-refractivity contribution in [3.63, 3.8) is 0 Å². The van der Waals surface area contributed by atoms with Crippen LogP contribution in [-0.2, 0) is 4.79 Å². The number of aliphatic hydroxyl groups is 2. The lowest BCUT2D eigenvalue weighted by Gasteiger charge is -2.19. The summed E-state index contributed by atoms with van der Waals surface area (Å²) >= 11 is 0. The second kappa shape index (κ2) is 3.53. The zero-order valence-electron chi connectivity index (χ0n) is 6.00. The first kappa shape index (κ1) is 9.39. The van der Waals surface area contributed by atoms with Gasteiger partial charge in [0.05, 0.1) is 12.0 Å². The maximum Gasteiger partial charge on any atom is 0.220 e. The molecule has 4 N–H and O–H groups in total. The van der Waals surface area contributed by atoms with Crippen LogP contribution in [0.25, 0.3) is 0 Å². The van der Waals surface area contributed by atoms with E-state index in [1.165, 1.54) is 6.92 Å². The van der Waals surface area contributed by atoms with Gasteiger partial charge in [-0.3, -0.25) is 4.79 Å². The normalized spacial score (nSPS) is 16.3. The first-order valence-corrected chi connectivity index (χ1v) is 3.09. The third kappa shape index (κ3) is 4.29. The number of hydrogen-bond donors (Lipinski definition) is 3. The fourth-order valence-corrected chi connectivity index (χ4v) is 0.705. The van der Waals surface area contributed by atoms with Crippen LogP contribution < -0.4 is 5.73 Å². The lowest BCUT2D eigenvalue weighted by atomic mass is 9.99. The number of hydrogen-bond acceptors (Lipinski definition) is 3. The standard InChI is InChI=1S/C6H13NO3/c1-6(10,2-3-8)4-5(7)9/h8,10H,2-4H2,1H3,(H2,7,9). The van der Waals surface area contributed by atoms with E-state index in [-0.39, 0.29) is 19.4 Å². The molecule has 0 fully saturated rings. The Hall–Kier alpha value is -0.610.